The molecule has 0 aromatic carbocycles. The minimum absolute atomic E-state index is 0.0922. The first-order valence-electron chi connectivity index (χ1n) is 5.57. The first-order chi connectivity index (χ1) is 7.27. The van der Waals surface area contributed by atoms with Crippen LogP contribution in [0.15, 0.2) is 0 Å². The molecule has 16 heavy (non-hydrogen) atoms. The number of nitrogens with one attached hydrogen (secondary N) is 2. The van der Waals surface area contributed by atoms with E-state index in [0.29, 0.717) is 0 Å². The molecule has 5 nitrogen and oxygen atoms in total. The van der Waals surface area contributed by atoms with E-state index in [2.05, 4.69) is 10.6 Å². The second-order valence-electron chi connectivity index (χ2n) is 4.44. The minimum atomic E-state index is -1.40. The van der Waals surface area contributed by atoms with Crippen molar-refractivity contribution >= 4 is 11.8 Å². The van der Waals surface area contributed by atoms with E-state index in [9.17, 15) is 14.7 Å². The van der Waals surface area contributed by atoms with Gasteiger partial charge in [-0.3, -0.25) is 9.59 Å². The lowest BCUT2D eigenvalue weighted by Crippen LogP contribution is -2.43. The lowest BCUT2D eigenvalue weighted by atomic mass is 10.1. The van der Waals surface area contributed by atoms with Gasteiger partial charge in [0.2, 0.25) is 5.91 Å². The molecule has 0 spiro atoms. The van der Waals surface area contributed by atoms with Crippen LogP contribution in [0.1, 0.15) is 40.5 Å². The number of amides is 2. The van der Waals surface area contributed by atoms with Crippen LogP contribution in [0.3, 0.4) is 0 Å². The van der Waals surface area contributed by atoms with Crippen LogP contribution in [0, 0.1) is 0 Å². The summed E-state index contributed by atoms with van der Waals surface area (Å²) in [6.45, 7) is 6.96. The summed E-state index contributed by atoms with van der Waals surface area (Å²) in [5.41, 5.74) is -1.40. The van der Waals surface area contributed by atoms with Gasteiger partial charge in [-0.25, -0.2) is 0 Å². The Labute approximate surface area is 96.6 Å². The maximum atomic E-state index is 11.3. The molecule has 0 aliphatic carbocycles. The molecule has 0 aliphatic heterocycles. The van der Waals surface area contributed by atoms with Crippen molar-refractivity contribution in [2.45, 2.75) is 52.2 Å². The molecule has 0 aliphatic rings. The van der Waals surface area contributed by atoms with Gasteiger partial charge < -0.3 is 15.7 Å². The zero-order valence-corrected chi connectivity index (χ0v) is 10.5. The van der Waals surface area contributed by atoms with Crippen molar-refractivity contribution < 1.29 is 14.7 Å². The largest absolute Gasteiger partial charge is 0.381 e. The van der Waals surface area contributed by atoms with Gasteiger partial charge in [0.05, 0.1) is 0 Å². The number of rotatable bonds is 6. The van der Waals surface area contributed by atoms with Crippen LogP contribution in [-0.2, 0) is 9.59 Å². The van der Waals surface area contributed by atoms with Gasteiger partial charge in [-0.05, 0) is 27.2 Å². The fraction of sp³-hybridized carbons (Fsp3) is 0.818. The summed E-state index contributed by atoms with van der Waals surface area (Å²) in [7, 11) is 0. The van der Waals surface area contributed by atoms with Gasteiger partial charge in [0.25, 0.3) is 5.91 Å². The Hall–Kier alpha value is -1.10. The van der Waals surface area contributed by atoms with Crippen molar-refractivity contribution in [1.82, 2.24) is 10.6 Å². The van der Waals surface area contributed by atoms with E-state index >= 15 is 0 Å². The monoisotopic (exact) mass is 230 g/mol. The summed E-state index contributed by atoms with van der Waals surface area (Å²) in [5.74, 6) is -0.561. The third kappa shape index (κ3) is 6.40. The van der Waals surface area contributed by atoms with Crippen molar-refractivity contribution in [3.63, 3.8) is 0 Å². The first kappa shape index (κ1) is 14.9. The molecule has 0 fully saturated rings. The van der Waals surface area contributed by atoms with Crippen LogP contribution in [0.5, 0.6) is 0 Å². The number of hydrogen-bond acceptors (Lipinski definition) is 3. The predicted molar refractivity (Wildman–Crippen MR) is 61.8 cm³/mol. The molecule has 2 amide bonds. The molecule has 1 unspecified atom stereocenters. The third-order valence-corrected chi connectivity index (χ3v) is 2.21. The van der Waals surface area contributed by atoms with Crippen LogP contribution in [0.2, 0.25) is 0 Å². The summed E-state index contributed by atoms with van der Waals surface area (Å²) < 4.78 is 0. The maximum Gasteiger partial charge on any atom is 0.251 e. The van der Waals surface area contributed by atoms with Crippen LogP contribution in [0.25, 0.3) is 0 Å². The van der Waals surface area contributed by atoms with E-state index < -0.39 is 11.5 Å². The smallest absolute Gasteiger partial charge is 0.251 e. The Morgan fingerprint density at radius 3 is 2.38 bits per heavy atom. The molecule has 3 N–H and O–H groups in total. The van der Waals surface area contributed by atoms with E-state index in [1.807, 2.05) is 13.8 Å². The molecule has 0 aromatic heterocycles. The summed E-state index contributed by atoms with van der Waals surface area (Å²) in [6, 6.07) is 0.150. The van der Waals surface area contributed by atoms with Crippen LogP contribution < -0.4 is 10.6 Å². The van der Waals surface area contributed by atoms with Gasteiger partial charge in [-0.15, -0.1) is 0 Å². The molecule has 5 heteroatoms. The number of aliphatic hydroxyl groups is 1. The molecule has 94 valence electrons. The molecule has 1 atom stereocenters. The first-order valence-corrected chi connectivity index (χ1v) is 5.57. The van der Waals surface area contributed by atoms with Gasteiger partial charge in [0, 0.05) is 19.0 Å². The highest BCUT2D eigenvalue weighted by atomic mass is 16.3. The number of carbonyl (C=O) groups is 2. The second kappa shape index (κ2) is 6.48. The second-order valence-corrected chi connectivity index (χ2v) is 4.44. The molecule has 0 rings (SSSR count). The standard InChI is InChI=1S/C11H22N2O3/c1-5-8(2)13-9(14)6-7-12-10(15)11(3,4)16/h8,16H,5-7H2,1-4H3,(H,12,15)(H,13,14). The minimum Gasteiger partial charge on any atom is -0.381 e. The lowest BCUT2D eigenvalue weighted by molar-refractivity contribution is -0.136. The number of hydrogen-bond donors (Lipinski definition) is 3. The fourth-order valence-electron chi connectivity index (χ4n) is 0.955. The van der Waals surface area contributed by atoms with Gasteiger partial charge >= 0.3 is 0 Å². The predicted octanol–water partition coefficient (Wildman–Crippen LogP) is 0.178. The van der Waals surface area contributed by atoms with Crippen molar-refractivity contribution in [3.05, 3.63) is 0 Å². The topological polar surface area (TPSA) is 78.4 Å². The summed E-state index contributed by atoms with van der Waals surface area (Å²) in [6.07, 6.45) is 1.11. The molecule has 0 saturated carbocycles. The van der Waals surface area contributed by atoms with E-state index in [1.165, 1.54) is 13.8 Å². The maximum absolute atomic E-state index is 11.3. The highest BCUT2D eigenvalue weighted by molar-refractivity contribution is 5.84. The summed E-state index contributed by atoms with van der Waals surface area (Å²) >= 11 is 0. The normalized spacial score (nSPS) is 13.1. The third-order valence-electron chi connectivity index (χ3n) is 2.21. The van der Waals surface area contributed by atoms with E-state index in [-0.39, 0.29) is 24.9 Å². The molecule has 0 bridgehead atoms. The summed E-state index contributed by atoms with van der Waals surface area (Å²) in [4.78, 5) is 22.6. The molecule has 0 aromatic rings. The van der Waals surface area contributed by atoms with E-state index in [0.717, 1.165) is 6.42 Å². The Balaban J connectivity index is 3.75. The van der Waals surface area contributed by atoms with Crippen molar-refractivity contribution in [2.24, 2.45) is 0 Å². The van der Waals surface area contributed by atoms with Gasteiger partial charge in [0.15, 0.2) is 0 Å². The number of carbonyl (C=O) groups excluding carboxylic acids is 2. The van der Waals surface area contributed by atoms with Gasteiger partial charge in [0.1, 0.15) is 5.60 Å². The van der Waals surface area contributed by atoms with E-state index in [4.69, 9.17) is 0 Å². The van der Waals surface area contributed by atoms with Crippen LogP contribution >= 0.6 is 0 Å². The molecule has 0 heterocycles. The van der Waals surface area contributed by atoms with Crippen LogP contribution in [-0.4, -0.2) is 35.1 Å². The average molecular weight is 230 g/mol. The fourth-order valence-corrected chi connectivity index (χ4v) is 0.955. The highest BCUT2D eigenvalue weighted by Gasteiger charge is 2.23. The Morgan fingerprint density at radius 2 is 1.94 bits per heavy atom. The zero-order valence-electron chi connectivity index (χ0n) is 10.5. The Kier molecular flexibility index (Phi) is 6.03. The lowest BCUT2D eigenvalue weighted by Gasteiger charge is -2.16. The molecule has 0 radical (unpaired) electrons. The highest BCUT2D eigenvalue weighted by Crippen LogP contribution is 1.99. The van der Waals surface area contributed by atoms with Crippen molar-refractivity contribution in [1.29, 1.82) is 0 Å². The zero-order chi connectivity index (χ0) is 12.8. The molecular weight excluding hydrogens is 208 g/mol. The van der Waals surface area contributed by atoms with Crippen molar-refractivity contribution in [2.75, 3.05) is 6.54 Å². The van der Waals surface area contributed by atoms with Gasteiger partial charge in [-0.2, -0.15) is 0 Å². The van der Waals surface area contributed by atoms with Crippen LogP contribution in [0.4, 0.5) is 0 Å². The summed E-state index contributed by atoms with van der Waals surface area (Å²) in [5, 5.41) is 14.6. The molecular formula is C11H22N2O3. The Morgan fingerprint density at radius 1 is 1.38 bits per heavy atom. The quantitative estimate of drug-likeness (QED) is 0.609. The van der Waals surface area contributed by atoms with Crippen molar-refractivity contribution in [3.8, 4) is 0 Å². The molecule has 0 saturated heterocycles. The average Bonchev–Trinajstić information content (AvgIpc) is 2.15. The SMILES string of the molecule is CCC(C)NC(=O)CCNC(=O)C(C)(C)O. The van der Waals surface area contributed by atoms with E-state index in [1.54, 1.807) is 0 Å². The van der Waals surface area contributed by atoms with Gasteiger partial charge in [-0.1, -0.05) is 6.92 Å². The Bertz CT molecular complexity index is 246.